The van der Waals surface area contributed by atoms with E-state index in [0.717, 1.165) is 28.7 Å². The van der Waals surface area contributed by atoms with Crippen LogP contribution in [0, 0.1) is 0 Å². The fourth-order valence-electron chi connectivity index (χ4n) is 12.3. The Bertz CT molecular complexity index is 7350. The summed E-state index contributed by atoms with van der Waals surface area (Å²) >= 11 is 35.6. The number of sulfonamides is 3. The summed E-state index contributed by atoms with van der Waals surface area (Å²) in [5.74, 6) is -0.849. The van der Waals surface area contributed by atoms with Gasteiger partial charge in [0.1, 0.15) is 33.8 Å². The number of pyridine rings is 5. The number of hydrogen-bond acceptors (Lipinski definition) is 30. The predicted octanol–water partition coefficient (Wildman–Crippen LogP) is 20.1. The molecule has 2 amide bonds. The molecule has 7 N–H and O–H groups in total. The van der Waals surface area contributed by atoms with Crippen LogP contribution in [-0.4, -0.2) is 181 Å². The minimum atomic E-state index is -4.26. The van der Waals surface area contributed by atoms with Crippen LogP contribution in [0.15, 0.2) is 230 Å². The number of ether oxygens (including phenoxy) is 4. The number of carbonyl (C=O) groups excluding carboxylic acids is 2. The van der Waals surface area contributed by atoms with Crippen molar-refractivity contribution in [1.29, 1.82) is 0 Å². The van der Waals surface area contributed by atoms with Crippen LogP contribution in [0.5, 0.6) is 23.0 Å². The van der Waals surface area contributed by atoms with Crippen molar-refractivity contribution in [3.05, 3.63) is 236 Å². The quantitative estimate of drug-likeness (QED) is 0.0142. The number of anilines is 6. The Balaban J connectivity index is 0.000000184. The topological polar surface area (TPSA) is 474 Å². The zero-order valence-electron chi connectivity index (χ0n) is 78.9. The minimum Gasteiger partial charge on any atom is -0.435 e. The lowest BCUT2D eigenvalue weighted by Crippen LogP contribution is -2.41. The van der Waals surface area contributed by atoms with E-state index in [1.54, 1.807) is 67.3 Å². The summed E-state index contributed by atoms with van der Waals surface area (Å²) in [6, 6.07) is 34.8. The molecule has 16 rings (SSSR count). The Labute approximate surface area is 884 Å². The van der Waals surface area contributed by atoms with Gasteiger partial charge in [0.2, 0.25) is 11.8 Å². The van der Waals surface area contributed by atoms with E-state index in [1.165, 1.54) is 132 Å². The molecule has 12 heterocycles. The van der Waals surface area contributed by atoms with Gasteiger partial charge in [0.15, 0.2) is 43.5 Å². The van der Waals surface area contributed by atoms with Crippen LogP contribution in [0.3, 0.4) is 0 Å². The SMILES string of the molecule is CC(=O)Nc1cn2nc(Cl)ccc2n1.CC(=O)Nc1nc2ccc(-c3cnc(Cl)c(NS(=O)(=O)c4cccc(OC(F)F)c4)c3)nn2c1-c1ccncc1.CC1(C)OB(B2OC(C)(C)C(C)(C)O2)OC1(C)C.CC1(C)OB(c2cnc(Cl)c(NS(=O)(=O)c3cccc(OC(F)F)c3)c2)OC1(C)C.Nc1cc(Br)cnc1Cl.O=S(=O)(Cl)c1cccc(OC(F)F)c1.O=S(=O)(Nc1cc(Br)cnc1Cl)c1cccc(OC(F)F)c1. The molecule has 0 aliphatic carbocycles. The maximum absolute atomic E-state index is 13.0. The molecule has 3 aliphatic heterocycles. The average Bonchev–Trinajstić information content (AvgIpc) is 1.59. The molecule has 3 aliphatic rings. The molecule has 0 radical (unpaired) electrons. The molecular weight excluding hydrogens is 2290 g/mol. The first-order valence-electron chi connectivity index (χ1n) is 42.2. The molecule has 0 unspecified atom stereocenters. The van der Waals surface area contributed by atoms with E-state index in [-0.39, 0.29) is 109 Å². The summed E-state index contributed by atoms with van der Waals surface area (Å²) in [6.45, 7) is 14.3. The fraction of sp³-hybridized carbons (Fsp3) is 0.276. The second-order valence-corrected chi connectivity index (χ2v) is 44.9. The zero-order chi connectivity index (χ0) is 109. The molecule has 3 fully saturated rings. The second-order valence-electron chi connectivity index (χ2n) is 33.7. The number of fused-ring (bicyclic) bond motifs is 2. The van der Waals surface area contributed by atoms with Crippen LogP contribution in [-0.2, 0) is 76.6 Å². The largest absolute Gasteiger partial charge is 0.496 e. The van der Waals surface area contributed by atoms with Crippen molar-refractivity contribution in [3.8, 4) is 45.5 Å². The van der Waals surface area contributed by atoms with Gasteiger partial charge in [0, 0.05) is 112 Å². The number of nitrogens with two attached hydrogens (primary N) is 1. The van der Waals surface area contributed by atoms with Crippen LogP contribution < -0.4 is 54.9 Å². The number of rotatable bonds is 24. The number of amides is 2. The molecule has 0 atom stereocenters. The van der Waals surface area contributed by atoms with Gasteiger partial charge in [-0.2, -0.15) is 45.3 Å². The highest BCUT2D eigenvalue weighted by Gasteiger charge is 2.64. The Kier molecular flexibility index (Phi) is 39.2. The summed E-state index contributed by atoms with van der Waals surface area (Å²) in [4.78, 5) is 49.7. The Morgan fingerprint density at radius 1 is 0.435 bits per heavy atom. The summed E-state index contributed by atoms with van der Waals surface area (Å²) < 4.78 is 259. The molecule has 147 heavy (non-hydrogen) atoms. The van der Waals surface area contributed by atoms with Crippen molar-refractivity contribution < 1.29 is 125 Å². The van der Waals surface area contributed by atoms with Gasteiger partial charge < -0.3 is 63.2 Å². The molecule has 0 saturated carbocycles. The Morgan fingerprint density at radius 2 is 0.816 bits per heavy atom. The van der Waals surface area contributed by atoms with Crippen molar-refractivity contribution in [2.24, 2.45) is 0 Å². The molecule has 4 aromatic carbocycles. The lowest BCUT2D eigenvalue weighted by molar-refractivity contribution is -0.115. The van der Waals surface area contributed by atoms with Gasteiger partial charge in [-0.25, -0.2) is 72.6 Å². The number of benzene rings is 4. The number of nitrogen functional groups attached to an aromatic ring is 1. The lowest BCUT2D eigenvalue weighted by Gasteiger charge is -2.32. The third-order valence-electron chi connectivity index (χ3n) is 21.3. The molecule has 9 aromatic heterocycles. The van der Waals surface area contributed by atoms with Crippen molar-refractivity contribution in [3.63, 3.8) is 0 Å². The standard InChI is InChI=1S/C25H18ClF2N7O4S.C18H20BClF2N2O5S.C12H24B2O4.C12H8BrClF2N2O3S.C8H7ClN4O.C7H5ClF2O3S.C5H4BrClN2/c1-14(36)31-24-22(15-7-9-29-10-8-15)35-21(32-24)6-5-19(33-35)16-11-20(23(26)30-13-16)34-40(37,38)18-4-2-3-17(12-18)39-25(27)28;1-17(2)18(3,4)29-19(28-17)11-8-14(15(20)23-10-11)24-30(25,26)13-7-5-6-12(9-13)27-16(21)22;1-9(2)10(3,4)16-13(15-9)14-17-11(5,6)12(7,8)18-14;13-7-4-10(11(14)17-6-7)18-22(19,20)9-3-1-2-8(5-9)21-12(15)16;1-5(14)10-7-4-13-8(11-7)3-2-6(9)12-13;8-14(11,12)6-3-1-2-5(4-6)13-7(9)10;6-3-1-4(8)5(7)9-2-3/h2-13,25,34H,1H3,(H,31,36);5-10,16,24H,1-4H3;1-8H3;1-6,12,18H;2-4H,1H3,(H,10,14);1-4,7H;1-2H,8H2. The van der Waals surface area contributed by atoms with Gasteiger partial charge in [-0.05, 0) is 224 Å². The van der Waals surface area contributed by atoms with Crippen molar-refractivity contribution in [2.45, 2.75) is 177 Å². The van der Waals surface area contributed by atoms with Gasteiger partial charge in [0.05, 0.1) is 87.8 Å². The van der Waals surface area contributed by atoms with Gasteiger partial charge in [0.25, 0.3) is 39.1 Å². The van der Waals surface area contributed by atoms with E-state index >= 15 is 0 Å². The van der Waals surface area contributed by atoms with Crippen molar-refractivity contribution in [1.82, 2.24) is 54.1 Å². The molecule has 13 aromatic rings. The average molecular weight is 2370 g/mol. The second kappa shape index (κ2) is 48.8. The van der Waals surface area contributed by atoms with Gasteiger partial charge >= 0.3 is 47.6 Å². The number of hydrogen-bond donors (Lipinski definition) is 6. The smallest absolute Gasteiger partial charge is 0.435 e. The lowest BCUT2D eigenvalue weighted by atomic mass is 9.49. The number of imidazole rings is 2. The fourth-order valence-corrected chi connectivity index (χ4v) is 17.9. The monoisotopic (exact) mass is 2370 g/mol. The summed E-state index contributed by atoms with van der Waals surface area (Å²) in [6.07, 6.45) is 10.6. The maximum Gasteiger partial charge on any atom is 0.496 e. The van der Waals surface area contributed by atoms with E-state index in [4.69, 9.17) is 102 Å². The number of nitrogens with one attached hydrogen (secondary N) is 5. The van der Waals surface area contributed by atoms with Gasteiger partial charge in [-0.3, -0.25) is 28.7 Å². The summed E-state index contributed by atoms with van der Waals surface area (Å²) in [5.41, 5.74) is 6.74. The molecule has 0 spiro atoms. The highest BCUT2D eigenvalue weighted by atomic mass is 79.9. The number of nitrogens with zero attached hydrogens (tertiary/aromatic N) is 11. The number of aromatic nitrogens is 11. The molecule has 37 nitrogen and oxygen atoms in total. The van der Waals surface area contributed by atoms with Gasteiger partial charge in [-0.1, -0.05) is 82.3 Å². The number of carbonyl (C=O) groups is 2. The minimum absolute atomic E-state index is 0.0101. The van der Waals surface area contributed by atoms with Crippen LogP contribution in [0.4, 0.5) is 69.5 Å². The van der Waals surface area contributed by atoms with Crippen LogP contribution in [0.25, 0.3) is 33.8 Å². The van der Waals surface area contributed by atoms with Crippen molar-refractivity contribution >= 4 is 224 Å². The third-order valence-corrected chi connectivity index (χ3v) is 29.0. The maximum atomic E-state index is 13.0. The van der Waals surface area contributed by atoms with E-state index in [2.05, 4.69) is 121 Å². The number of halogens is 16. The molecule has 3 saturated heterocycles. The van der Waals surface area contributed by atoms with E-state index in [0.29, 0.717) is 71.4 Å². The van der Waals surface area contributed by atoms with E-state index in [9.17, 15) is 78.4 Å². The third kappa shape index (κ3) is 32.6. The highest BCUT2D eigenvalue weighted by Crippen LogP contribution is 2.45. The van der Waals surface area contributed by atoms with Crippen LogP contribution in [0.2, 0.25) is 25.8 Å². The molecular formula is C87H86B3Br2Cl6F8N17O20S4. The van der Waals surface area contributed by atoms with Crippen LogP contribution >= 0.6 is 101 Å². The highest BCUT2D eigenvalue weighted by molar-refractivity contribution is 9.10. The first-order valence-corrected chi connectivity index (χ1v) is 52.4. The molecule has 60 heteroatoms. The Hall–Kier alpha value is -10.9. The van der Waals surface area contributed by atoms with E-state index in [1.807, 2.05) is 83.1 Å². The van der Waals surface area contributed by atoms with Gasteiger partial charge in [-0.15, -0.1) is 0 Å². The predicted molar refractivity (Wildman–Crippen MR) is 544 cm³/mol. The summed E-state index contributed by atoms with van der Waals surface area (Å²) in [7, 11) is -13.1. The normalized spacial score (nSPS) is 15.1. The number of alkyl halides is 8. The van der Waals surface area contributed by atoms with Crippen LogP contribution in [0.1, 0.15) is 96.9 Å². The first kappa shape index (κ1) is 118. The first-order chi connectivity index (χ1) is 68.3. The van der Waals surface area contributed by atoms with Crippen molar-refractivity contribution in [2.75, 3.05) is 30.5 Å². The van der Waals surface area contributed by atoms with E-state index < -0.39 is 97.9 Å². The summed E-state index contributed by atoms with van der Waals surface area (Å²) in [5, 5.41) is 14.3. The zero-order valence-corrected chi connectivity index (χ0v) is 89.9. The molecule has 784 valence electrons. The Morgan fingerprint density at radius 3 is 1.23 bits per heavy atom. The molecule has 0 bridgehead atoms.